The molecule has 0 aliphatic carbocycles. The van der Waals surface area contributed by atoms with Gasteiger partial charge in [-0.2, -0.15) is 0 Å². The normalized spacial score (nSPS) is 15.4. The Morgan fingerprint density at radius 3 is 2.70 bits per heavy atom. The van der Waals surface area contributed by atoms with Gasteiger partial charge in [-0.25, -0.2) is 9.97 Å². The van der Waals surface area contributed by atoms with Crippen LogP contribution in [-0.4, -0.2) is 29.6 Å². The lowest BCUT2D eigenvalue weighted by Crippen LogP contribution is -2.34. The highest BCUT2D eigenvalue weighted by Crippen LogP contribution is 2.25. The van der Waals surface area contributed by atoms with Crippen LogP contribution >= 0.6 is 0 Å². The lowest BCUT2D eigenvalue weighted by molar-refractivity contribution is 0.402. The number of rotatable bonds is 6. The Balaban J connectivity index is 1.55. The zero-order valence-corrected chi connectivity index (χ0v) is 13.5. The molecule has 23 heavy (non-hydrogen) atoms. The second-order valence-electron chi connectivity index (χ2n) is 6.05. The van der Waals surface area contributed by atoms with E-state index in [1.54, 1.807) is 6.33 Å². The first-order valence-corrected chi connectivity index (χ1v) is 8.31. The monoisotopic (exact) mass is 308 g/mol. The van der Waals surface area contributed by atoms with Gasteiger partial charge >= 0.3 is 0 Å². The van der Waals surface area contributed by atoms with Crippen molar-refractivity contribution in [2.45, 2.75) is 19.3 Å². The molecule has 1 aliphatic rings. The molecule has 4 heteroatoms. The Morgan fingerprint density at radius 2 is 1.96 bits per heavy atom. The van der Waals surface area contributed by atoms with Gasteiger partial charge in [0.15, 0.2) is 0 Å². The summed E-state index contributed by atoms with van der Waals surface area (Å²) in [4.78, 5) is 11.0. The summed E-state index contributed by atoms with van der Waals surface area (Å²) in [5, 5.41) is 3.22. The number of aromatic nitrogens is 2. The Bertz CT molecular complexity index is 618. The molecule has 1 saturated heterocycles. The Labute approximate surface area is 138 Å². The average molecular weight is 308 g/mol. The van der Waals surface area contributed by atoms with Gasteiger partial charge < -0.3 is 10.2 Å². The van der Waals surface area contributed by atoms with E-state index in [9.17, 15) is 0 Å². The summed E-state index contributed by atoms with van der Waals surface area (Å²) in [6, 6.07) is 12.8. The van der Waals surface area contributed by atoms with Crippen molar-refractivity contribution in [2.75, 3.05) is 29.9 Å². The Kier molecular flexibility index (Phi) is 5.25. The Morgan fingerprint density at radius 1 is 1.17 bits per heavy atom. The van der Waals surface area contributed by atoms with Gasteiger partial charge in [-0.05, 0) is 30.7 Å². The summed E-state index contributed by atoms with van der Waals surface area (Å²) in [7, 11) is 0. The van der Waals surface area contributed by atoms with Gasteiger partial charge in [-0.3, -0.25) is 0 Å². The van der Waals surface area contributed by atoms with E-state index in [0.29, 0.717) is 0 Å². The standard InChI is InChI=1S/C19H24N4/c1-2-10-20-18-14-19(22-15-21-18)23-11-8-17(9-12-23)13-16-6-4-3-5-7-16/h2-7,14-15,17H,1,8-13H2,(H,20,21,22). The van der Waals surface area contributed by atoms with Crippen molar-refractivity contribution >= 4 is 11.6 Å². The first-order chi connectivity index (χ1) is 11.3. The van der Waals surface area contributed by atoms with Gasteiger partial charge in [0.2, 0.25) is 0 Å². The fourth-order valence-corrected chi connectivity index (χ4v) is 3.11. The van der Waals surface area contributed by atoms with E-state index < -0.39 is 0 Å². The minimum atomic E-state index is 0.718. The van der Waals surface area contributed by atoms with Crippen LogP contribution in [0.2, 0.25) is 0 Å². The van der Waals surface area contributed by atoms with Crippen molar-refractivity contribution in [2.24, 2.45) is 5.92 Å². The third kappa shape index (κ3) is 4.31. The molecular formula is C19H24N4. The molecule has 120 valence electrons. The summed E-state index contributed by atoms with van der Waals surface area (Å²) < 4.78 is 0. The van der Waals surface area contributed by atoms with Gasteiger partial charge in [0.25, 0.3) is 0 Å². The largest absolute Gasteiger partial charge is 0.366 e. The molecule has 0 amide bonds. The molecular weight excluding hydrogens is 284 g/mol. The van der Waals surface area contributed by atoms with E-state index in [1.165, 1.54) is 24.8 Å². The van der Waals surface area contributed by atoms with Gasteiger partial charge in [-0.15, -0.1) is 6.58 Å². The number of benzene rings is 1. The average Bonchev–Trinajstić information content (AvgIpc) is 2.62. The molecule has 1 aliphatic heterocycles. The molecule has 1 aromatic heterocycles. The zero-order valence-electron chi connectivity index (χ0n) is 13.5. The highest BCUT2D eigenvalue weighted by Gasteiger charge is 2.20. The number of hydrogen-bond acceptors (Lipinski definition) is 4. The zero-order chi connectivity index (χ0) is 15.9. The van der Waals surface area contributed by atoms with Crippen LogP contribution in [0.1, 0.15) is 18.4 Å². The maximum absolute atomic E-state index is 4.43. The Hall–Kier alpha value is -2.36. The maximum Gasteiger partial charge on any atom is 0.134 e. The summed E-state index contributed by atoms with van der Waals surface area (Å²) in [6.07, 6.45) is 7.08. The van der Waals surface area contributed by atoms with E-state index in [-0.39, 0.29) is 0 Å². The molecule has 0 saturated carbocycles. The first-order valence-electron chi connectivity index (χ1n) is 8.31. The van der Waals surface area contributed by atoms with Gasteiger partial charge in [-0.1, -0.05) is 36.4 Å². The van der Waals surface area contributed by atoms with Crippen LogP contribution in [0.5, 0.6) is 0 Å². The second-order valence-corrected chi connectivity index (χ2v) is 6.05. The molecule has 1 N–H and O–H groups in total. The summed E-state index contributed by atoms with van der Waals surface area (Å²) >= 11 is 0. The highest BCUT2D eigenvalue weighted by atomic mass is 15.2. The van der Waals surface area contributed by atoms with E-state index in [0.717, 1.165) is 37.2 Å². The summed E-state index contributed by atoms with van der Waals surface area (Å²) in [5.41, 5.74) is 1.45. The SMILES string of the molecule is C=CCNc1cc(N2CCC(Cc3ccccc3)CC2)ncn1. The lowest BCUT2D eigenvalue weighted by atomic mass is 9.90. The van der Waals surface area contributed by atoms with Crippen LogP contribution in [0.3, 0.4) is 0 Å². The molecule has 1 fully saturated rings. The maximum atomic E-state index is 4.43. The summed E-state index contributed by atoms with van der Waals surface area (Å²) in [5.74, 6) is 2.65. The number of hydrogen-bond donors (Lipinski definition) is 1. The number of nitrogens with zero attached hydrogens (tertiary/aromatic N) is 3. The topological polar surface area (TPSA) is 41.0 Å². The van der Waals surface area contributed by atoms with Crippen LogP contribution in [-0.2, 0) is 6.42 Å². The number of piperidine rings is 1. The van der Waals surface area contributed by atoms with E-state index in [1.807, 2.05) is 12.1 Å². The van der Waals surface area contributed by atoms with Gasteiger partial charge in [0.1, 0.15) is 18.0 Å². The highest BCUT2D eigenvalue weighted by molar-refractivity contribution is 5.48. The smallest absolute Gasteiger partial charge is 0.134 e. The van der Waals surface area contributed by atoms with Crippen molar-refractivity contribution in [3.8, 4) is 0 Å². The van der Waals surface area contributed by atoms with Crippen LogP contribution < -0.4 is 10.2 Å². The summed E-state index contributed by atoms with van der Waals surface area (Å²) in [6.45, 7) is 6.56. The fourth-order valence-electron chi connectivity index (χ4n) is 3.11. The fraction of sp³-hybridized carbons (Fsp3) is 0.368. The number of nitrogens with one attached hydrogen (secondary N) is 1. The molecule has 0 spiro atoms. The van der Waals surface area contributed by atoms with E-state index in [4.69, 9.17) is 0 Å². The first kappa shape index (κ1) is 15.5. The molecule has 4 nitrogen and oxygen atoms in total. The van der Waals surface area contributed by atoms with Crippen molar-refractivity contribution in [3.05, 3.63) is 60.9 Å². The molecule has 1 aromatic carbocycles. The third-order valence-electron chi connectivity index (χ3n) is 4.39. The van der Waals surface area contributed by atoms with Gasteiger partial charge in [0, 0.05) is 25.7 Å². The van der Waals surface area contributed by atoms with E-state index in [2.05, 4.69) is 57.1 Å². The van der Waals surface area contributed by atoms with Crippen LogP contribution in [0.15, 0.2) is 55.4 Å². The predicted octanol–water partition coefficient (Wildman–Crippen LogP) is 3.53. The van der Waals surface area contributed by atoms with Gasteiger partial charge in [0.05, 0.1) is 0 Å². The molecule has 0 unspecified atom stereocenters. The van der Waals surface area contributed by atoms with Crippen LogP contribution in [0, 0.1) is 5.92 Å². The minimum absolute atomic E-state index is 0.718. The van der Waals surface area contributed by atoms with E-state index >= 15 is 0 Å². The van der Waals surface area contributed by atoms with Crippen molar-refractivity contribution < 1.29 is 0 Å². The lowest BCUT2D eigenvalue weighted by Gasteiger charge is -2.33. The molecule has 0 bridgehead atoms. The molecule has 0 atom stereocenters. The van der Waals surface area contributed by atoms with Crippen LogP contribution in [0.25, 0.3) is 0 Å². The molecule has 2 heterocycles. The minimum Gasteiger partial charge on any atom is -0.366 e. The van der Waals surface area contributed by atoms with Crippen molar-refractivity contribution in [3.63, 3.8) is 0 Å². The molecule has 2 aromatic rings. The third-order valence-corrected chi connectivity index (χ3v) is 4.39. The molecule has 3 rings (SSSR count). The van der Waals surface area contributed by atoms with Crippen molar-refractivity contribution in [1.82, 2.24) is 9.97 Å². The molecule has 0 radical (unpaired) electrons. The number of anilines is 2. The quantitative estimate of drug-likeness (QED) is 0.829. The van der Waals surface area contributed by atoms with Crippen molar-refractivity contribution in [1.29, 1.82) is 0 Å². The predicted molar refractivity (Wildman–Crippen MR) is 95.8 cm³/mol. The van der Waals surface area contributed by atoms with Crippen LogP contribution in [0.4, 0.5) is 11.6 Å². The second kappa shape index (κ2) is 7.77.